The fourth-order valence-corrected chi connectivity index (χ4v) is 11.0. The highest BCUT2D eigenvalue weighted by atomic mass is 28.3. The van der Waals surface area contributed by atoms with E-state index in [1.165, 1.54) is 77.7 Å². The first-order valence-corrected chi connectivity index (χ1v) is 23.8. The first kappa shape index (κ1) is 33.5. The summed E-state index contributed by atoms with van der Waals surface area (Å²) < 4.78 is 12.3. The molecule has 272 valence electrons. The van der Waals surface area contributed by atoms with E-state index in [1.54, 1.807) is 0 Å². The van der Waals surface area contributed by atoms with Gasteiger partial charge in [0.05, 0.1) is 31.5 Å². The van der Waals surface area contributed by atoms with E-state index in [4.69, 9.17) is 4.42 Å². The lowest BCUT2D eigenvalue weighted by Crippen LogP contribution is -2.52. The van der Waals surface area contributed by atoms with E-state index < -0.39 is 8.07 Å². The number of hydrogen-bond donors (Lipinski definition) is 0. The maximum absolute atomic E-state index is 7.06. The molecule has 8 aromatic rings. The molecule has 3 nitrogen and oxygen atoms in total. The number of rotatable bonds is 4. The van der Waals surface area contributed by atoms with Gasteiger partial charge in [-0.15, -0.1) is 0 Å². The molecule has 0 amide bonds. The molecule has 0 spiro atoms. The second-order valence-electron chi connectivity index (χ2n) is 17.5. The molecule has 56 heavy (non-hydrogen) atoms. The van der Waals surface area contributed by atoms with E-state index in [0.29, 0.717) is 17.9 Å². The Bertz CT molecular complexity index is 2930. The van der Waals surface area contributed by atoms with Crippen LogP contribution in [0.15, 0.2) is 156 Å². The number of benzene rings is 5. The summed E-state index contributed by atoms with van der Waals surface area (Å²) in [5, 5.41) is 3.86. The van der Waals surface area contributed by atoms with Gasteiger partial charge in [0.25, 0.3) is 0 Å². The molecule has 5 aromatic carbocycles. The predicted molar refractivity (Wildman–Crippen MR) is 233 cm³/mol. The van der Waals surface area contributed by atoms with E-state index in [9.17, 15) is 0 Å². The number of aromatic nitrogens is 2. The number of nitrogens with zero attached hydrogens (tertiary/aromatic N) is 2. The maximum Gasteiger partial charge on any atom is 0.222 e. The molecular weight excluding hydrogens is 697 g/mol. The van der Waals surface area contributed by atoms with Crippen LogP contribution in [-0.2, 0) is 6.42 Å². The van der Waals surface area contributed by atoms with Crippen LogP contribution in [0.2, 0.25) is 19.6 Å². The smallest absolute Gasteiger partial charge is 0.222 e. The molecular formula is C52H46N2OSi+2. The predicted octanol–water partition coefficient (Wildman–Crippen LogP) is 12.0. The Morgan fingerprint density at radius 1 is 0.679 bits per heavy atom. The molecule has 3 aromatic heterocycles. The van der Waals surface area contributed by atoms with Crippen LogP contribution in [0.3, 0.4) is 0 Å². The van der Waals surface area contributed by atoms with Crippen molar-refractivity contribution in [2.24, 2.45) is 0 Å². The highest BCUT2D eigenvalue weighted by molar-refractivity contribution is 6.88. The molecule has 5 heterocycles. The topological polar surface area (TPSA) is 20.9 Å². The molecule has 4 heteroatoms. The average Bonchev–Trinajstić information content (AvgIpc) is 3.75. The van der Waals surface area contributed by atoms with Gasteiger partial charge < -0.3 is 4.42 Å². The number of pyridine rings is 2. The van der Waals surface area contributed by atoms with Crippen LogP contribution in [-0.4, -0.2) is 8.07 Å². The van der Waals surface area contributed by atoms with Crippen LogP contribution in [0.5, 0.6) is 0 Å². The SMILES string of the molecule is CC(C)c1cc[n+]2c(c1)-c1c(ccc3c1oc1cc(-c4ccc(-c5ccccc5)cc4)ccc13)CC1=C2CC2C1c1ccccc1-c1ccc([Si](C)(C)C)c[n+]12. The quantitative estimate of drug-likeness (QED) is 0.130. The highest BCUT2D eigenvalue weighted by Crippen LogP contribution is 2.53. The third-order valence-electron chi connectivity index (χ3n) is 12.9. The van der Waals surface area contributed by atoms with E-state index in [0.717, 1.165) is 35.0 Å². The monoisotopic (exact) mass is 742 g/mol. The Balaban J connectivity index is 1.07. The summed E-state index contributed by atoms with van der Waals surface area (Å²) in [5.41, 5.74) is 19.1. The molecule has 2 aliphatic heterocycles. The highest BCUT2D eigenvalue weighted by Gasteiger charge is 2.52. The van der Waals surface area contributed by atoms with Gasteiger partial charge in [-0.05, 0) is 63.1 Å². The van der Waals surface area contributed by atoms with E-state index >= 15 is 0 Å². The molecule has 1 aliphatic carbocycles. The van der Waals surface area contributed by atoms with Gasteiger partial charge in [0.2, 0.25) is 11.4 Å². The summed E-state index contributed by atoms with van der Waals surface area (Å²) >= 11 is 0. The largest absolute Gasteiger partial charge is 0.455 e. The number of allylic oxidation sites excluding steroid dienone is 2. The molecule has 3 aliphatic rings. The second kappa shape index (κ2) is 12.3. The lowest BCUT2D eigenvalue weighted by atomic mass is 9.79. The minimum absolute atomic E-state index is 0.300. The minimum Gasteiger partial charge on any atom is -0.455 e. The van der Waals surface area contributed by atoms with Crippen LogP contribution in [0.1, 0.15) is 54.8 Å². The molecule has 2 unspecified atom stereocenters. The van der Waals surface area contributed by atoms with Crippen molar-refractivity contribution in [3.63, 3.8) is 0 Å². The van der Waals surface area contributed by atoms with Crippen molar-refractivity contribution in [1.82, 2.24) is 0 Å². The Kier molecular flexibility index (Phi) is 7.37. The first-order chi connectivity index (χ1) is 27.2. The average molecular weight is 743 g/mol. The van der Waals surface area contributed by atoms with E-state index in [2.05, 4.69) is 188 Å². The van der Waals surface area contributed by atoms with Crippen molar-refractivity contribution in [3.8, 4) is 44.8 Å². The van der Waals surface area contributed by atoms with Crippen molar-refractivity contribution in [1.29, 1.82) is 0 Å². The summed E-state index contributed by atoms with van der Waals surface area (Å²) in [5.74, 6) is 0.709. The fourth-order valence-electron chi connectivity index (χ4n) is 9.93. The van der Waals surface area contributed by atoms with E-state index in [-0.39, 0.29) is 0 Å². The fraction of sp³-hybridized carbons (Fsp3) is 0.192. The number of furan rings is 1. The van der Waals surface area contributed by atoms with E-state index in [1.807, 2.05) is 0 Å². The Hall–Kier alpha value is -5.84. The number of fused-ring (bicyclic) bond motifs is 15. The zero-order chi connectivity index (χ0) is 37.9. The zero-order valence-corrected chi connectivity index (χ0v) is 33.8. The number of hydrogen-bond acceptors (Lipinski definition) is 1. The van der Waals surface area contributed by atoms with Gasteiger partial charge in [0, 0.05) is 46.2 Å². The standard InChI is InChI=1S/C52H46N2OSi/c1-32(2)36-25-26-53-46-30-48-51(42-14-10-9-13-40(42)45-24-21-39(31-54(45)48)56(3,4)5)44(46)27-38-20-23-43-41-22-19-37(29-49(41)55-52(43)50(38)47(53)28-36)35-17-15-34(16-18-35)33-11-7-6-8-12-33/h6-26,28-29,31-32,48,51H,27,30H2,1-5H3/q+2. The van der Waals surface area contributed by atoms with Crippen molar-refractivity contribution < 1.29 is 13.6 Å². The summed E-state index contributed by atoms with van der Waals surface area (Å²) in [6.07, 6.45) is 6.77. The Labute approximate surface area is 330 Å². The molecule has 2 atom stereocenters. The molecule has 0 bridgehead atoms. The second-order valence-corrected chi connectivity index (χ2v) is 22.6. The lowest BCUT2D eigenvalue weighted by Gasteiger charge is -2.28. The Morgan fingerprint density at radius 2 is 1.39 bits per heavy atom. The molecule has 0 saturated carbocycles. The normalized spacial score (nSPS) is 17.0. The summed E-state index contributed by atoms with van der Waals surface area (Å²) in [6.45, 7) is 12.0. The van der Waals surface area contributed by atoms with Crippen molar-refractivity contribution in [2.75, 3.05) is 0 Å². The van der Waals surface area contributed by atoms with Crippen LogP contribution < -0.4 is 14.3 Å². The van der Waals surface area contributed by atoms with Gasteiger partial charge in [-0.25, -0.2) is 0 Å². The summed E-state index contributed by atoms with van der Waals surface area (Å²) in [6, 6.07) is 50.1. The first-order valence-electron chi connectivity index (χ1n) is 20.3. The maximum atomic E-state index is 7.06. The van der Waals surface area contributed by atoms with Crippen LogP contribution >= 0.6 is 0 Å². The molecule has 0 radical (unpaired) electrons. The van der Waals surface area contributed by atoms with Gasteiger partial charge in [-0.3, -0.25) is 0 Å². The van der Waals surface area contributed by atoms with Gasteiger partial charge in [-0.1, -0.05) is 131 Å². The Morgan fingerprint density at radius 3 is 2.18 bits per heavy atom. The van der Waals surface area contributed by atoms with Gasteiger partial charge in [-0.2, -0.15) is 9.13 Å². The van der Waals surface area contributed by atoms with Crippen LogP contribution in [0, 0.1) is 0 Å². The molecule has 0 fully saturated rings. The third-order valence-corrected chi connectivity index (χ3v) is 15.0. The summed E-state index contributed by atoms with van der Waals surface area (Å²) in [7, 11) is -1.53. The van der Waals surface area contributed by atoms with Gasteiger partial charge in [0.1, 0.15) is 11.2 Å². The van der Waals surface area contributed by atoms with Crippen molar-refractivity contribution >= 4 is 40.9 Å². The van der Waals surface area contributed by atoms with Crippen LogP contribution in [0.25, 0.3) is 72.4 Å². The van der Waals surface area contributed by atoms with Crippen molar-refractivity contribution in [2.45, 2.75) is 64.2 Å². The van der Waals surface area contributed by atoms with Crippen LogP contribution in [0.4, 0.5) is 0 Å². The lowest BCUT2D eigenvalue weighted by molar-refractivity contribution is -0.716. The molecule has 0 N–H and O–H groups in total. The minimum atomic E-state index is -1.53. The van der Waals surface area contributed by atoms with Crippen molar-refractivity contribution in [3.05, 3.63) is 168 Å². The summed E-state index contributed by atoms with van der Waals surface area (Å²) in [4.78, 5) is 0. The van der Waals surface area contributed by atoms with Gasteiger partial charge in [0.15, 0.2) is 24.1 Å². The molecule has 11 rings (SSSR count). The molecule has 0 saturated heterocycles. The third kappa shape index (κ3) is 5.08. The van der Waals surface area contributed by atoms with Gasteiger partial charge >= 0.3 is 0 Å². The zero-order valence-electron chi connectivity index (χ0n) is 32.8.